The number of esters is 1. The third kappa shape index (κ3) is 5.68. The minimum Gasteiger partial charge on any atom is -0.454 e. The molecule has 0 unspecified atom stereocenters. The SMILES string of the molecule is CC(C)CCNC(=O)NC(=O)COC(=O)CN1C(=O)N[C@]2(CCCC[C@@H]2C)C1=O. The fraction of sp³-hybridized carbons (Fsp3) is 0.737. The van der Waals surface area contributed by atoms with Crippen molar-refractivity contribution in [1.29, 1.82) is 0 Å². The molecule has 0 aromatic rings. The van der Waals surface area contributed by atoms with Gasteiger partial charge in [-0.3, -0.25) is 24.6 Å². The molecule has 2 aliphatic rings. The maximum Gasteiger partial charge on any atom is 0.326 e. The van der Waals surface area contributed by atoms with E-state index in [1.165, 1.54) is 0 Å². The smallest absolute Gasteiger partial charge is 0.326 e. The Balaban J connectivity index is 1.77. The minimum absolute atomic E-state index is 0.0197. The summed E-state index contributed by atoms with van der Waals surface area (Å²) in [5.74, 6) is -1.73. The summed E-state index contributed by atoms with van der Waals surface area (Å²) in [7, 11) is 0. The first kappa shape index (κ1) is 22.6. The highest BCUT2D eigenvalue weighted by Gasteiger charge is 2.55. The molecule has 0 bridgehead atoms. The van der Waals surface area contributed by atoms with Gasteiger partial charge in [-0.25, -0.2) is 9.59 Å². The first-order chi connectivity index (χ1) is 13.7. The normalized spacial score (nSPS) is 23.9. The average molecular weight is 410 g/mol. The molecule has 2 rings (SSSR count). The van der Waals surface area contributed by atoms with Crippen molar-refractivity contribution < 1.29 is 28.7 Å². The summed E-state index contributed by atoms with van der Waals surface area (Å²) >= 11 is 0. The number of urea groups is 2. The Kier molecular flexibility index (Phi) is 7.58. The largest absolute Gasteiger partial charge is 0.454 e. The van der Waals surface area contributed by atoms with Crippen molar-refractivity contribution in [2.45, 2.75) is 58.4 Å². The summed E-state index contributed by atoms with van der Waals surface area (Å²) in [4.78, 5) is 61.1. The standard InChI is InChI=1S/C19H30N4O6/c1-12(2)7-9-20-17(27)21-14(24)11-29-15(25)10-23-16(26)19(22-18(23)28)8-5-4-6-13(19)3/h12-13H,4-11H2,1-3H3,(H,22,28)(H2,20,21,24,27)/t13-,19-/m0/s1. The number of carbonyl (C=O) groups is 5. The van der Waals surface area contributed by atoms with Gasteiger partial charge in [0.25, 0.3) is 11.8 Å². The zero-order chi connectivity index (χ0) is 21.6. The van der Waals surface area contributed by atoms with E-state index in [1.54, 1.807) is 0 Å². The number of nitrogens with zero attached hydrogens (tertiary/aromatic N) is 1. The van der Waals surface area contributed by atoms with Crippen molar-refractivity contribution in [2.24, 2.45) is 11.8 Å². The van der Waals surface area contributed by atoms with Gasteiger partial charge in [0.15, 0.2) is 6.61 Å². The molecule has 10 heteroatoms. The Labute approximate surface area is 170 Å². The summed E-state index contributed by atoms with van der Waals surface area (Å²) in [6.07, 6.45) is 3.95. The molecule has 1 saturated heterocycles. The molecular formula is C19H30N4O6. The van der Waals surface area contributed by atoms with Crippen LogP contribution >= 0.6 is 0 Å². The zero-order valence-corrected chi connectivity index (χ0v) is 17.2. The van der Waals surface area contributed by atoms with Gasteiger partial charge in [0.05, 0.1) is 0 Å². The Morgan fingerprint density at radius 1 is 1.28 bits per heavy atom. The molecule has 1 saturated carbocycles. The average Bonchev–Trinajstić information content (AvgIpc) is 2.87. The van der Waals surface area contributed by atoms with Crippen LogP contribution in [0.1, 0.15) is 52.9 Å². The fourth-order valence-electron chi connectivity index (χ4n) is 3.64. The molecule has 1 spiro atoms. The van der Waals surface area contributed by atoms with E-state index in [0.29, 0.717) is 18.9 Å². The van der Waals surface area contributed by atoms with E-state index in [-0.39, 0.29) is 5.92 Å². The first-order valence-electron chi connectivity index (χ1n) is 10.0. The number of imide groups is 2. The van der Waals surface area contributed by atoms with Crippen molar-refractivity contribution >= 4 is 29.8 Å². The van der Waals surface area contributed by atoms with E-state index < -0.39 is 48.5 Å². The lowest BCUT2D eigenvalue weighted by molar-refractivity contribution is -0.151. The molecule has 0 aromatic carbocycles. The number of nitrogens with one attached hydrogen (secondary N) is 3. The van der Waals surface area contributed by atoms with Gasteiger partial charge in [-0.2, -0.15) is 0 Å². The quantitative estimate of drug-likeness (QED) is 0.422. The highest BCUT2D eigenvalue weighted by molar-refractivity contribution is 6.09. The minimum atomic E-state index is -0.957. The molecular weight excluding hydrogens is 380 g/mol. The highest BCUT2D eigenvalue weighted by atomic mass is 16.5. The summed E-state index contributed by atoms with van der Waals surface area (Å²) in [5.41, 5.74) is -0.957. The third-order valence-corrected chi connectivity index (χ3v) is 5.41. The van der Waals surface area contributed by atoms with Crippen LogP contribution in [0.5, 0.6) is 0 Å². The maximum atomic E-state index is 12.8. The molecule has 10 nitrogen and oxygen atoms in total. The van der Waals surface area contributed by atoms with Crippen molar-refractivity contribution in [3.63, 3.8) is 0 Å². The number of amides is 6. The van der Waals surface area contributed by atoms with Crippen LogP contribution in [0.2, 0.25) is 0 Å². The van der Waals surface area contributed by atoms with Gasteiger partial charge >= 0.3 is 18.0 Å². The topological polar surface area (TPSA) is 134 Å². The van der Waals surface area contributed by atoms with Gasteiger partial charge in [0, 0.05) is 6.54 Å². The van der Waals surface area contributed by atoms with Crippen LogP contribution in [-0.2, 0) is 19.1 Å². The molecule has 1 aliphatic heterocycles. The van der Waals surface area contributed by atoms with E-state index in [0.717, 1.165) is 30.6 Å². The van der Waals surface area contributed by atoms with Gasteiger partial charge in [-0.15, -0.1) is 0 Å². The second-order valence-corrected chi connectivity index (χ2v) is 8.09. The van der Waals surface area contributed by atoms with Gasteiger partial charge in [0.1, 0.15) is 12.1 Å². The predicted octanol–water partition coefficient (Wildman–Crippen LogP) is 0.902. The Morgan fingerprint density at radius 3 is 2.66 bits per heavy atom. The molecule has 1 heterocycles. The third-order valence-electron chi connectivity index (χ3n) is 5.41. The molecule has 29 heavy (non-hydrogen) atoms. The highest BCUT2D eigenvalue weighted by Crippen LogP contribution is 2.38. The summed E-state index contributed by atoms with van der Waals surface area (Å²) < 4.78 is 4.80. The monoisotopic (exact) mass is 410 g/mol. The lowest BCUT2D eigenvalue weighted by Gasteiger charge is -2.36. The van der Waals surface area contributed by atoms with Crippen LogP contribution in [0, 0.1) is 11.8 Å². The van der Waals surface area contributed by atoms with E-state index in [4.69, 9.17) is 4.74 Å². The van der Waals surface area contributed by atoms with Crippen LogP contribution in [0.25, 0.3) is 0 Å². The van der Waals surface area contributed by atoms with Gasteiger partial charge in [0.2, 0.25) is 0 Å². The molecule has 162 valence electrons. The number of rotatable bonds is 7. The number of carbonyl (C=O) groups excluding carboxylic acids is 5. The molecule has 0 radical (unpaired) electrons. The first-order valence-corrected chi connectivity index (χ1v) is 10.0. The Morgan fingerprint density at radius 2 is 2.00 bits per heavy atom. The Hall–Kier alpha value is -2.65. The molecule has 6 amide bonds. The number of hydrogen-bond acceptors (Lipinski definition) is 6. The van der Waals surface area contributed by atoms with Crippen LogP contribution in [-0.4, -0.2) is 60.0 Å². The van der Waals surface area contributed by atoms with Crippen LogP contribution in [0.4, 0.5) is 9.59 Å². The molecule has 2 fully saturated rings. The molecule has 1 aliphatic carbocycles. The van der Waals surface area contributed by atoms with E-state index in [1.807, 2.05) is 26.1 Å². The van der Waals surface area contributed by atoms with Gasteiger partial charge in [-0.05, 0) is 31.1 Å². The van der Waals surface area contributed by atoms with E-state index in [2.05, 4.69) is 10.6 Å². The lowest BCUT2D eigenvalue weighted by atomic mass is 9.73. The van der Waals surface area contributed by atoms with Crippen molar-refractivity contribution in [3.05, 3.63) is 0 Å². The summed E-state index contributed by atoms with van der Waals surface area (Å²) in [6, 6.07) is -1.30. The van der Waals surface area contributed by atoms with Crippen molar-refractivity contribution in [1.82, 2.24) is 20.9 Å². The molecule has 0 aromatic heterocycles. The van der Waals surface area contributed by atoms with Gasteiger partial charge < -0.3 is 15.4 Å². The second kappa shape index (κ2) is 9.71. The van der Waals surface area contributed by atoms with Crippen molar-refractivity contribution in [2.75, 3.05) is 19.7 Å². The Bertz CT molecular complexity index is 680. The van der Waals surface area contributed by atoms with E-state index >= 15 is 0 Å². The van der Waals surface area contributed by atoms with Gasteiger partial charge in [-0.1, -0.05) is 33.6 Å². The zero-order valence-electron chi connectivity index (χ0n) is 17.2. The molecule has 2 atom stereocenters. The maximum absolute atomic E-state index is 12.8. The second-order valence-electron chi connectivity index (χ2n) is 8.09. The predicted molar refractivity (Wildman–Crippen MR) is 103 cm³/mol. The van der Waals surface area contributed by atoms with Crippen LogP contribution in [0.15, 0.2) is 0 Å². The lowest BCUT2D eigenvalue weighted by Crippen LogP contribution is -2.54. The van der Waals surface area contributed by atoms with Crippen LogP contribution in [0.3, 0.4) is 0 Å². The van der Waals surface area contributed by atoms with E-state index in [9.17, 15) is 24.0 Å². The molecule has 3 N–H and O–H groups in total. The van der Waals surface area contributed by atoms with Crippen molar-refractivity contribution in [3.8, 4) is 0 Å². The number of ether oxygens (including phenoxy) is 1. The summed E-state index contributed by atoms with van der Waals surface area (Å²) in [5, 5.41) is 7.31. The van der Waals surface area contributed by atoms with Crippen LogP contribution < -0.4 is 16.0 Å². The fourth-order valence-corrected chi connectivity index (χ4v) is 3.64. The summed E-state index contributed by atoms with van der Waals surface area (Å²) in [6.45, 7) is 5.09. The number of hydrogen-bond donors (Lipinski definition) is 3.